The molecular formula is C30H26. The Kier molecular flexibility index (Phi) is 5.12. The molecule has 0 nitrogen and oxygen atoms in total. The fraction of sp³-hybridized carbons (Fsp3) is 0.200. The molecule has 0 heteroatoms. The van der Waals surface area contributed by atoms with Crippen molar-refractivity contribution in [2.75, 3.05) is 0 Å². The first-order valence-corrected chi connectivity index (χ1v) is 11.1. The highest BCUT2D eigenvalue weighted by atomic mass is 14.1. The summed E-state index contributed by atoms with van der Waals surface area (Å²) in [7, 11) is 0. The van der Waals surface area contributed by atoms with Gasteiger partial charge in [-0.15, -0.1) is 0 Å². The van der Waals surface area contributed by atoms with E-state index in [-0.39, 0.29) is 0 Å². The number of hydrogen-bond acceptors (Lipinski definition) is 0. The minimum absolute atomic E-state index is 0.988. The summed E-state index contributed by atoms with van der Waals surface area (Å²) in [6.45, 7) is 2.25. The third-order valence-electron chi connectivity index (χ3n) is 6.04. The van der Waals surface area contributed by atoms with Crippen LogP contribution in [0.2, 0.25) is 0 Å². The van der Waals surface area contributed by atoms with Crippen LogP contribution < -0.4 is 0 Å². The minimum atomic E-state index is 0.988. The van der Waals surface area contributed by atoms with Crippen molar-refractivity contribution in [1.82, 2.24) is 0 Å². The van der Waals surface area contributed by atoms with Gasteiger partial charge in [0.15, 0.2) is 0 Å². The maximum atomic E-state index is 3.44. The van der Waals surface area contributed by atoms with E-state index in [1.807, 2.05) is 0 Å². The monoisotopic (exact) mass is 386 g/mol. The van der Waals surface area contributed by atoms with Crippen molar-refractivity contribution in [3.8, 4) is 11.8 Å². The van der Waals surface area contributed by atoms with E-state index in [4.69, 9.17) is 0 Å². The van der Waals surface area contributed by atoms with Gasteiger partial charge in [-0.1, -0.05) is 74.4 Å². The lowest BCUT2D eigenvalue weighted by atomic mass is 9.96. The quantitative estimate of drug-likeness (QED) is 0.165. The van der Waals surface area contributed by atoms with Crippen molar-refractivity contribution in [3.63, 3.8) is 0 Å². The van der Waals surface area contributed by atoms with Crippen LogP contribution in [-0.2, 0) is 0 Å². The zero-order chi connectivity index (χ0) is 20.3. The Morgan fingerprint density at radius 3 is 1.87 bits per heavy atom. The zero-order valence-electron chi connectivity index (χ0n) is 17.5. The third kappa shape index (κ3) is 3.64. The Hall–Kier alpha value is -3.30. The van der Waals surface area contributed by atoms with Gasteiger partial charge in [0.1, 0.15) is 0 Å². The van der Waals surface area contributed by atoms with E-state index in [1.165, 1.54) is 68.8 Å². The van der Waals surface area contributed by atoms with Crippen LogP contribution >= 0.6 is 0 Å². The predicted octanol–water partition coefficient (Wildman–Crippen LogP) is 8.62. The molecule has 0 aliphatic rings. The highest BCUT2D eigenvalue weighted by Gasteiger charge is 2.05. The molecule has 0 saturated heterocycles. The van der Waals surface area contributed by atoms with E-state index in [9.17, 15) is 0 Å². The smallest absolute Gasteiger partial charge is 0.0323 e. The molecule has 0 radical (unpaired) electrons. The van der Waals surface area contributed by atoms with Crippen LogP contribution in [0.5, 0.6) is 0 Å². The predicted molar refractivity (Wildman–Crippen MR) is 132 cm³/mol. The normalized spacial score (nSPS) is 11.2. The molecular weight excluding hydrogens is 360 g/mol. The highest BCUT2D eigenvalue weighted by molar-refractivity contribution is 6.08. The van der Waals surface area contributed by atoms with Gasteiger partial charge in [-0.05, 0) is 92.0 Å². The van der Waals surface area contributed by atoms with Gasteiger partial charge in [0.25, 0.3) is 0 Å². The lowest BCUT2D eigenvalue weighted by Gasteiger charge is -2.08. The number of rotatable bonds is 4. The van der Waals surface area contributed by atoms with E-state index in [2.05, 4.69) is 97.6 Å². The molecule has 0 aliphatic heterocycles. The van der Waals surface area contributed by atoms with Crippen molar-refractivity contribution in [2.45, 2.75) is 39.0 Å². The van der Waals surface area contributed by atoms with Crippen molar-refractivity contribution >= 4 is 43.1 Å². The van der Waals surface area contributed by atoms with Crippen molar-refractivity contribution in [1.29, 1.82) is 0 Å². The van der Waals surface area contributed by atoms with Gasteiger partial charge in [-0.25, -0.2) is 0 Å². The Labute approximate surface area is 178 Å². The summed E-state index contributed by atoms with van der Waals surface area (Å²) >= 11 is 0. The summed E-state index contributed by atoms with van der Waals surface area (Å²) in [5.74, 6) is 6.84. The van der Waals surface area contributed by atoms with Crippen LogP contribution in [0.4, 0.5) is 0 Å². The molecule has 0 saturated carbocycles. The first-order valence-electron chi connectivity index (χ1n) is 11.1. The SMILES string of the molecule is CCCCCCC#Cc1cccc2cc3cc4cc5ccccc5cc4cc3cc12. The number of unbranched alkanes of at least 4 members (excludes halogenated alkanes) is 4. The van der Waals surface area contributed by atoms with Gasteiger partial charge >= 0.3 is 0 Å². The standard InChI is InChI=1S/C30H26/c1-2-3-4-5-6-7-11-22-14-10-15-25-18-28-19-26-16-23-12-8-9-13-24(23)17-27(26)20-29(28)21-30(22)25/h8-10,12-21H,2-6H2,1H3. The largest absolute Gasteiger partial charge is 0.0979 e. The van der Waals surface area contributed by atoms with Crippen molar-refractivity contribution in [2.24, 2.45) is 0 Å². The van der Waals surface area contributed by atoms with Crippen LogP contribution in [0.3, 0.4) is 0 Å². The molecule has 5 rings (SSSR count). The van der Waals surface area contributed by atoms with Crippen LogP contribution in [0.25, 0.3) is 43.1 Å². The maximum Gasteiger partial charge on any atom is 0.0323 e. The lowest BCUT2D eigenvalue weighted by molar-refractivity contribution is 0.679. The molecule has 0 fully saturated rings. The average Bonchev–Trinajstić information content (AvgIpc) is 2.77. The minimum Gasteiger partial charge on any atom is -0.0979 e. The number of benzene rings is 5. The molecule has 0 N–H and O–H groups in total. The highest BCUT2D eigenvalue weighted by Crippen LogP contribution is 2.31. The Balaban J connectivity index is 1.59. The van der Waals surface area contributed by atoms with Gasteiger partial charge < -0.3 is 0 Å². The summed E-state index contributed by atoms with van der Waals surface area (Å²) in [6.07, 6.45) is 6.06. The molecule has 0 bridgehead atoms. The average molecular weight is 387 g/mol. The molecule has 146 valence electrons. The first-order chi connectivity index (χ1) is 14.8. The van der Waals surface area contributed by atoms with E-state index in [0.717, 1.165) is 12.0 Å². The second-order valence-electron chi connectivity index (χ2n) is 8.24. The molecule has 30 heavy (non-hydrogen) atoms. The summed E-state index contributed by atoms with van der Waals surface area (Å²) in [6, 6.07) is 29.0. The molecule has 5 aromatic rings. The van der Waals surface area contributed by atoms with Crippen molar-refractivity contribution in [3.05, 3.63) is 84.4 Å². The van der Waals surface area contributed by atoms with Crippen molar-refractivity contribution < 1.29 is 0 Å². The van der Waals surface area contributed by atoms with Gasteiger partial charge in [0, 0.05) is 12.0 Å². The number of hydrogen-bond donors (Lipinski definition) is 0. The molecule has 0 unspecified atom stereocenters. The molecule has 0 atom stereocenters. The second kappa shape index (κ2) is 8.21. The summed E-state index contributed by atoms with van der Waals surface area (Å²) < 4.78 is 0. The van der Waals surface area contributed by atoms with E-state index >= 15 is 0 Å². The van der Waals surface area contributed by atoms with E-state index in [0.29, 0.717) is 0 Å². The molecule has 0 aliphatic carbocycles. The summed E-state index contributed by atoms with van der Waals surface area (Å²) in [5.41, 5.74) is 1.14. The van der Waals surface area contributed by atoms with Gasteiger partial charge in [0.2, 0.25) is 0 Å². The summed E-state index contributed by atoms with van der Waals surface area (Å²) in [4.78, 5) is 0. The van der Waals surface area contributed by atoms with Gasteiger partial charge in [0.05, 0.1) is 0 Å². The second-order valence-corrected chi connectivity index (χ2v) is 8.24. The zero-order valence-corrected chi connectivity index (χ0v) is 17.5. The van der Waals surface area contributed by atoms with Gasteiger partial charge in [-0.2, -0.15) is 0 Å². The molecule has 5 aromatic carbocycles. The van der Waals surface area contributed by atoms with E-state index in [1.54, 1.807) is 0 Å². The molecule has 0 heterocycles. The topological polar surface area (TPSA) is 0 Å². The number of fused-ring (bicyclic) bond motifs is 4. The Morgan fingerprint density at radius 1 is 0.567 bits per heavy atom. The maximum absolute atomic E-state index is 3.44. The Morgan fingerprint density at radius 2 is 1.17 bits per heavy atom. The fourth-order valence-corrected chi connectivity index (χ4v) is 4.38. The van der Waals surface area contributed by atoms with Crippen LogP contribution in [0, 0.1) is 11.8 Å². The van der Waals surface area contributed by atoms with Crippen LogP contribution in [-0.4, -0.2) is 0 Å². The third-order valence-corrected chi connectivity index (χ3v) is 6.04. The lowest BCUT2D eigenvalue weighted by Crippen LogP contribution is -1.83. The first kappa shape index (κ1) is 18.7. The Bertz CT molecular complexity index is 1430. The van der Waals surface area contributed by atoms with E-state index < -0.39 is 0 Å². The molecule has 0 spiro atoms. The molecule has 0 aromatic heterocycles. The van der Waals surface area contributed by atoms with Gasteiger partial charge in [-0.3, -0.25) is 0 Å². The van der Waals surface area contributed by atoms with Crippen LogP contribution in [0.15, 0.2) is 78.9 Å². The fourth-order valence-electron chi connectivity index (χ4n) is 4.38. The summed E-state index contributed by atoms with van der Waals surface area (Å²) in [5, 5.41) is 10.3. The van der Waals surface area contributed by atoms with Crippen LogP contribution in [0.1, 0.15) is 44.6 Å². The molecule has 0 amide bonds.